The smallest absolute Gasteiger partial charge is 0.224 e. The molecule has 0 aliphatic carbocycles. The van der Waals surface area contributed by atoms with Gasteiger partial charge < -0.3 is 10.5 Å². The van der Waals surface area contributed by atoms with Crippen LogP contribution in [-0.4, -0.2) is 19.7 Å². The van der Waals surface area contributed by atoms with Gasteiger partial charge in [0.05, 0.1) is 12.4 Å². The Bertz CT molecular complexity index is 459. The number of hydrogen-bond acceptors (Lipinski definition) is 5. The van der Waals surface area contributed by atoms with E-state index in [1.165, 1.54) is 0 Å². The van der Waals surface area contributed by atoms with Crippen LogP contribution in [0.3, 0.4) is 0 Å². The van der Waals surface area contributed by atoms with Crippen LogP contribution in [0, 0.1) is 6.92 Å². The van der Waals surface area contributed by atoms with Crippen LogP contribution in [0.15, 0.2) is 18.5 Å². The zero-order valence-electron chi connectivity index (χ0n) is 8.51. The second-order valence-electron chi connectivity index (χ2n) is 3.13. The predicted molar refractivity (Wildman–Crippen MR) is 54.5 cm³/mol. The van der Waals surface area contributed by atoms with Crippen LogP contribution < -0.4 is 10.5 Å². The van der Waals surface area contributed by atoms with E-state index in [0.717, 1.165) is 0 Å². The molecule has 0 aliphatic rings. The van der Waals surface area contributed by atoms with Crippen molar-refractivity contribution < 1.29 is 4.74 Å². The molecule has 6 heteroatoms. The fourth-order valence-electron chi connectivity index (χ4n) is 1.19. The highest BCUT2D eigenvalue weighted by Gasteiger charge is 2.03. The van der Waals surface area contributed by atoms with Gasteiger partial charge in [-0.05, 0) is 6.92 Å². The van der Waals surface area contributed by atoms with Gasteiger partial charge in [-0.3, -0.25) is 4.68 Å². The number of aryl methyl sites for hydroxylation is 2. The van der Waals surface area contributed by atoms with Crippen LogP contribution in [-0.2, 0) is 7.05 Å². The molecular weight excluding hydrogens is 194 g/mol. The average molecular weight is 205 g/mol. The number of nitrogens with zero attached hydrogens (tertiary/aromatic N) is 4. The lowest BCUT2D eigenvalue weighted by molar-refractivity contribution is 0.460. The van der Waals surface area contributed by atoms with E-state index in [-0.39, 0.29) is 0 Å². The Kier molecular flexibility index (Phi) is 2.24. The van der Waals surface area contributed by atoms with Crippen molar-refractivity contribution in [3.63, 3.8) is 0 Å². The Morgan fingerprint density at radius 1 is 1.40 bits per heavy atom. The third kappa shape index (κ3) is 2.22. The first-order chi connectivity index (χ1) is 7.13. The summed E-state index contributed by atoms with van der Waals surface area (Å²) in [4.78, 5) is 8.04. The number of nitrogens with two attached hydrogens (primary N) is 1. The minimum absolute atomic E-state index is 0.390. The molecule has 78 valence electrons. The van der Waals surface area contributed by atoms with E-state index in [1.54, 1.807) is 30.1 Å². The lowest BCUT2D eigenvalue weighted by atomic mass is 10.5. The van der Waals surface area contributed by atoms with E-state index in [9.17, 15) is 0 Å². The van der Waals surface area contributed by atoms with E-state index in [1.807, 2.05) is 7.05 Å². The molecule has 2 heterocycles. The highest BCUT2D eigenvalue weighted by atomic mass is 16.5. The molecular formula is C9H11N5O. The molecule has 0 radical (unpaired) electrons. The molecule has 0 saturated carbocycles. The van der Waals surface area contributed by atoms with E-state index >= 15 is 0 Å². The zero-order chi connectivity index (χ0) is 10.8. The van der Waals surface area contributed by atoms with Crippen molar-refractivity contribution in [3.8, 4) is 11.6 Å². The van der Waals surface area contributed by atoms with Crippen LogP contribution in [0.4, 0.5) is 5.82 Å². The molecule has 0 aromatic carbocycles. The normalized spacial score (nSPS) is 10.3. The Labute approximate surface area is 86.7 Å². The number of hydrogen-bond donors (Lipinski definition) is 1. The number of ether oxygens (including phenoxy) is 1. The maximum absolute atomic E-state index is 5.57. The molecule has 2 aromatic heterocycles. The molecule has 0 unspecified atom stereocenters. The molecule has 0 atom stereocenters. The number of rotatable bonds is 2. The zero-order valence-corrected chi connectivity index (χ0v) is 8.51. The van der Waals surface area contributed by atoms with Crippen molar-refractivity contribution in [2.75, 3.05) is 5.73 Å². The van der Waals surface area contributed by atoms with Crippen molar-refractivity contribution in [2.24, 2.45) is 7.05 Å². The van der Waals surface area contributed by atoms with Gasteiger partial charge in [0.2, 0.25) is 5.88 Å². The number of anilines is 1. The minimum Gasteiger partial charge on any atom is -0.436 e. The molecule has 0 aliphatic heterocycles. The van der Waals surface area contributed by atoms with Crippen molar-refractivity contribution >= 4 is 5.82 Å². The van der Waals surface area contributed by atoms with Crippen LogP contribution in [0.2, 0.25) is 0 Å². The first-order valence-corrected chi connectivity index (χ1v) is 4.41. The van der Waals surface area contributed by atoms with Gasteiger partial charge in [-0.15, -0.1) is 0 Å². The summed E-state index contributed by atoms with van der Waals surface area (Å²) in [6.45, 7) is 1.76. The molecule has 2 aromatic rings. The van der Waals surface area contributed by atoms with Gasteiger partial charge >= 0.3 is 0 Å². The van der Waals surface area contributed by atoms with E-state index < -0.39 is 0 Å². The summed E-state index contributed by atoms with van der Waals surface area (Å²) in [6, 6.07) is 1.57. The molecule has 15 heavy (non-hydrogen) atoms. The standard InChI is InChI=1S/C9H11N5O/c1-6-12-8(10)3-9(13-6)15-7-4-11-14(2)5-7/h3-5H,1-2H3,(H2,10,12,13). The highest BCUT2D eigenvalue weighted by molar-refractivity contribution is 5.34. The summed E-state index contributed by atoms with van der Waals surface area (Å²) >= 11 is 0. The molecule has 6 nitrogen and oxygen atoms in total. The van der Waals surface area contributed by atoms with Gasteiger partial charge in [0.15, 0.2) is 5.75 Å². The van der Waals surface area contributed by atoms with Crippen molar-refractivity contribution in [1.82, 2.24) is 19.7 Å². The van der Waals surface area contributed by atoms with E-state index in [0.29, 0.717) is 23.3 Å². The molecule has 0 amide bonds. The van der Waals surface area contributed by atoms with Gasteiger partial charge in [-0.25, -0.2) is 4.98 Å². The predicted octanol–water partition coefficient (Wildman–Crippen LogP) is 0.893. The second-order valence-corrected chi connectivity index (χ2v) is 3.13. The van der Waals surface area contributed by atoms with Gasteiger partial charge in [0.1, 0.15) is 11.6 Å². The SMILES string of the molecule is Cc1nc(N)cc(Oc2cnn(C)c2)n1. The lowest BCUT2D eigenvalue weighted by Crippen LogP contribution is -1.97. The van der Waals surface area contributed by atoms with Crippen LogP contribution >= 0.6 is 0 Å². The summed E-state index contributed by atoms with van der Waals surface area (Å²) in [7, 11) is 1.81. The van der Waals surface area contributed by atoms with Crippen LogP contribution in [0.5, 0.6) is 11.6 Å². The second kappa shape index (κ2) is 3.56. The van der Waals surface area contributed by atoms with Gasteiger partial charge in [-0.1, -0.05) is 0 Å². The first-order valence-electron chi connectivity index (χ1n) is 4.41. The third-order valence-electron chi connectivity index (χ3n) is 1.74. The summed E-state index contributed by atoms with van der Waals surface area (Å²) in [6.07, 6.45) is 3.35. The van der Waals surface area contributed by atoms with Crippen molar-refractivity contribution in [2.45, 2.75) is 6.92 Å². The molecule has 2 rings (SSSR count). The average Bonchev–Trinajstić information content (AvgIpc) is 2.49. The maximum Gasteiger partial charge on any atom is 0.224 e. The Morgan fingerprint density at radius 2 is 2.20 bits per heavy atom. The Balaban J connectivity index is 2.24. The quantitative estimate of drug-likeness (QED) is 0.787. The summed E-state index contributed by atoms with van der Waals surface area (Å²) < 4.78 is 7.09. The van der Waals surface area contributed by atoms with Crippen LogP contribution in [0.1, 0.15) is 5.82 Å². The number of aromatic nitrogens is 4. The fourth-order valence-corrected chi connectivity index (χ4v) is 1.19. The topological polar surface area (TPSA) is 78.9 Å². The molecule has 0 spiro atoms. The summed E-state index contributed by atoms with van der Waals surface area (Å²) in [5.41, 5.74) is 5.57. The Morgan fingerprint density at radius 3 is 2.80 bits per heavy atom. The maximum atomic E-state index is 5.57. The lowest BCUT2D eigenvalue weighted by Gasteiger charge is -2.02. The molecule has 0 fully saturated rings. The van der Waals surface area contributed by atoms with Gasteiger partial charge in [0, 0.05) is 13.1 Å². The monoisotopic (exact) mass is 205 g/mol. The molecule has 0 saturated heterocycles. The molecule has 0 bridgehead atoms. The summed E-state index contributed by atoms with van der Waals surface area (Å²) in [5, 5.41) is 3.97. The van der Waals surface area contributed by atoms with Gasteiger partial charge in [0.25, 0.3) is 0 Å². The van der Waals surface area contributed by atoms with Gasteiger partial charge in [-0.2, -0.15) is 10.1 Å². The van der Waals surface area contributed by atoms with Crippen LogP contribution in [0.25, 0.3) is 0 Å². The van der Waals surface area contributed by atoms with E-state index in [2.05, 4.69) is 15.1 Å². The van der Waals surface area contributed by atoms with Crippen molar-refractivity contribution in [3.05, 3.63) is 24.3 Å². The van der Waals surface area contributed by atoms with E-state index in [4.69, 9.17) is 10.5 Å². The Hall–Kier alpha value is -2.11. The summed E-state index contributed by atoms with van der Waals surface area (Å²) in [5.74, 6) is 2.01. The highest BCUT2D eigenvalue weighted by Crippen LogP contribution is 2.19. The largest absolute Gasteiger partial charge is 0.436 e. The van der Waals surface area contributed by atoms with Crippen molar-refractivity contribution in [1.29, 1.82) is 0 Å². The fraction of sp³-hybridized carbons (Fsp3) is 0.222. The molecule has 2 N–H and O–H groups in total. The first kappa shape index (κ1) is 9.45. The minimum atomic E-state index is 0.390. The third-order valence-corrected chi connectivity index (χ3v) is 1.74. The number of nitrogen functional groups attached to an aromatic ring is 1.